The van der Waals surface area contributed by atoms with E-state index in [-0.39, 0.29) is 11.9 Å². The molecule has 0 unspecified atom stereocenters. The molecule has 23 heavy (non-hydrogen) atoms. The Bertz CT molecular complexity index is 639. The second-order valence-corrected chi connectivity index (χ2v) is 6.02. The molecule has 1 aromatic carbocycles. The van der Waals surface area contributed by atoms with Gasteiger partial charge in [0.05, 0.1) is 0 Å². The van der Waals surface area contributed by atoms with Gasteiger partial charge >= 0.3 is 0 Å². The van der Waals surface area contributed by atoms with Gasteiger partial charge in [0.25, 0.3) is 0 Å². The van der Waals surface area contributed by atoms with E-state index in [1.807, 2.05) is 35.2 Å². The summed E-state index contributed by atoms with van der Waals surface area (Å²) in [6.45, 7) is 2.89. The van der Waals surface area contributed by atoms with Crippen molar-refractivity contribution in [3.05, 3.63) is 36.2 Å². The number of nitrogens with zero attached hydrogens (tertiary/aromatic N) is 3. The van der Waals surface area contributed by atoms with Gasteiger partial charge in [-0.1, -0.05) is 48.8 Å². The molecule has 3 rings (SSSR count). The Morgan fingerprint density at radius 3 is 2.91 bits per heavy atom. The van der Waals surface area contributed by atoms with Gasteiger partial charge in [-0.15, -0.1) is 0 Å². The lowest BCUT2D eigenvalue weighted by Gasteiger charge is -2.33. The minimum absolute atomic E-state index is 0.0712. The molecule has 2 aromatic rings. The smallest absolute Gasteiger partial charge is 0.249 e. The molecular formula is C18H23N3O2. The number of benzene rings is 1. The van der Waals surface area contributed by atoms with Crippen LogP contribution in [-0.4, -0.2) is 27.5 Å². The van der Waals surface area contributed by atoms with Crippen LogP contribution in [-0.2, 0) is 4.79 Å². The van der Waals surface area contributed by atoms with Crippen molar-refractivity contribution < 1.29 is 9.32 Å². The summed E-state index contributed by atoms with van der Waals surface area (Å²) in [5.41, 5.74) is 0.933. The minimum atomic E-state index is -0.0712. The van der Waals surface area contributed by atoms with Crippen molar-refractivity contribution in [1.82, 2.24) is 15.0 Å². The molecule has 0 bridgehead atoms. The van der Waals surface area contributed by atoms with Crippen LogP contribution < -0.4 is 0 Å². The molecule has 1 saturated heterocycles. The predicted octanol–water partition coefficient (Wildman–Crippen LogP) is 3.98. The maximum Gasteiger partial charge on any atom is 0.249 e. The molecule has 5 nitrogen and oxygen atoms in total. The molecule has 1 fully saturated rings. The van der Waals surface area contributed by atoms with E-state index in [1.165, 1.54) is 0 Å². The number of likely N-dealkylation sites (tertiary alicyclic amines) is 1. The van der Waals surface area contributed by atoms with Crippen molar-refractivity contribution >= 4 is 5.91 Å². The highest BCUT2D eigenvalue weighted by Gasteiger charge is 2.31. The lowest BCUT2D eigenvalue weighted by atomic mass is 10.0. The van der Waals surface area contributed by atoms with Gasteiger partial charge in [0.15, 0.2) is 0 Å². The predicted molar refractivity (Wildman–Crippen MR) is 87.6 cm³/mol. The van der Waals surface area contributed by atoms with Crippen LogP contribution in [0, 0.1) is 0 Å². The average molecular weight is 313 g/mol. The van der Waals surface area contributed by atoms with E-state index < -0.39 is 0 Å². The number of amides is 1. The Hall–Kier alpha value is -2.17. The average Bonchev–Trinajstić information content (AvgIpc) is 3.10. The fraction of sp³-hybridized carbons (Fsp3) is 0.500. The maximum absolute atomic E-state index is 12.5. The topological polar surface area (TPSA) is 59.2 Å². The first kappa shape index (κ1) is 15.7. The molecule has 0 N–H and O–H groups in total. The number of aromatic nitrogens is 2. The number of hydrogen-bond acceptors (Lipinski definition) is 4. The zero-order chi connectivity index (χ0) is 16.1. The second kappa shape index (κ2) is 7.40. The maximum atomic E-state index is 12.5. The van der Waals surface area contributed by atoms with Gasteiger partial charge in [0.2, 0.25) is 17.6 Å². The largest absolute Gasteiger partial charge is 0.337 e. The van der Waals surface area contributed by atoms with E-state index >= 15 is 0 Å². The van der Waals surface area contributed by atoms with Crippen molar-refractivity contribution in [1.29, 1.82) is 0 Å². The minimum Gasteiger partial charge on any atom is -0.337 e. The van der Waals surface area contributed by atoms with Crippen LogP contribution in [0.5, 0.6) is 0 Å². The summed E-state index contributed by atoms with van der Waals surface area (Å²) in [6.07, 6.45) is 5.60. The van der Waals surface area contributed by atoms with Gasteiger partial charge in [-0.2, -0.15) is 4.98 Å². The molecule has 1 aliphatic rings. The third-order valence-corrected chi connectivity index (χ3v) is 4.33. The monoisotopic (exact) mass is 313 g/mol. The first-order valence-electron chi connectivity index (χ1n) is 8.48. The van der Waals surface area contributed by atoms with E-state index in [4.69, 9.17) is 4.52 Å². The van der Waals surface area contributed by atoms with Gasteiger partial charge in [-0.3, -0.25) is 4.79 Å². The summed E-state index contributed by atoms with van der Waals surface area (Å²) >= 11 is 0. The zero-order valence-corrected chi connectivity index (χ0v) is 13.6. The zero-order valence-electron chi connectivity index (χ0n) is 13.6. The summed E-state index contributed by atoms with van der Waals surface area (Å²) in [5, 5.41) is 4.09. The van der Waals surface area contributed by atoms with Crippen LogP contribution in [0.3, 0.4) is 0 Å². The Balaban J connectivity index is 1.78. The quantitative estimate of drug-likeness (QED) is 0.837. The molecule has 5 heteroatoms. The molecule has 1 amide bonds. The van der Waals surface area contributed by atoms with E-state index in [2.05, 4.69) is 17.1 Å². The van der Waals surface area contributed by atoms with Crippen molar-refractivity contribution in [3.8, 4) is 11.4 Å². The molecular weight excluding hydrogens is 290 g/mol. The van der Waals surface area contributed by atoms with Gasteiger partial charge in [-0.05, 0) is 25.7 Å². The Labute approximate surface area is 136 Å². The fourth-order valence-corrected chi connectivity index (χ4v) is 3.03. The van der Waals surface area contributed by atoms with Gasteiger partial charge in [0.1, 0.15) is 6.04 Å². The highest BCUT2D eigenvalue weighted by Crippen LogP contribution is 2.31. The SMILES string of the molecule is CCCCC(=O)N1CCCC[C@@H]1c1nc(-c2ccccc2)no1. The van der Waals surface area contributed by atoms with E-state index in [0.29, 0.717) is 18.1 Å². The second-order valence-electron chi connectivity index (χ2n) is 6.02. The van der Waals surface area contributed by atoms with E-state index in [1.54, 1.807) is 0 Å². The lowest BCUT2D eigenvalue weighted by Crippen LogP contribution is -2.38. The number of unbranched alkanes of at least 4 members (excludes halogenated alkanes) is 1. The molecule has 1 atom stereocenters. The van der Waals surface area contributed by atoms with Crippen LogP contribution in [0.1, 0.15) is 57.4 Å². The van der Waals surface area contributed by atoms with Crippen molar-refractivity contribution in [2.75, 3.05) is 6.54 Å². The highest BCUT2D eigenvalue weighted by atomic mass is 16.5. The van der Waals surface area contributed by atoms with Crippen LogP contribution >= 0.6 is 0 Å². The Morgan fingerprint density at radius 1 is 1.30 bits per heavy atom. The van der Waals surface area contributed by atoms with Gasteiger partial charge in [-0.25, -0.2) is 0 Å². The van der Waals surface area contributed by atoms with E-state index in [9.17, 15) is 4.79 Å². The molecule has 0 aliphatic carbocycles. The third-order valence-electron chi connectivity index (χ3n) is 4.33. The first-order valence-corrected chi connectivity index (χ1v) is 8.48. The van der Waals surface area contributed by atoms with Crippen molar-refractivity contribution in [3.63, 3.8) is 0 Å². The summed E-state index contributed by atoms with van der Waals surface area (Å²) in [5.74, 6) is 1.36. The van der Waals surface area contributed by atoms with Gasteiger partial charge < -0.3 is 9.42 Å². The summed E-state index contributed by atoms with van der Waals surface area (Å²) in [4.78, 5) is 18.9. The fourth-order valence-electron chi connectivity index (χ4n) is 3.03. The third kappa shape index (κ3) is 3.60. The summed E-state index contributed by atoms with van der Waals surface area (Å²) in [7, 11) is 0. The Kier molecular flexibility index (Phi) is 5.05. The van der Waals surface area contributed by atoms with Crippen LogP contribution in [0.25, 0.3) is 11.4 Å². The Morgan fingerprint density at radius 2 is 2.13 bits per heavy atom. The number of hydrogen-bond donors (Lipinski definition) is 0. The van der Waals surface area contributed by atoms with Crippen LogP contribution in [0.2, 0.25) is 0 Å². The number of carbonyl (C=O) groups excluding carboxylic acids is 1. The number of carbonyl (C=O) groups is 1. The lowest BCUT2D eigenvalue weighted by molar-refractivity contribution is -0.135. The molecule has 1 aliphatic heterocycles. The molecule has 0 radical (unpaired) electrons. The van der Waals surface area contributed by atoms with Crippen molar-refractivity contribution in [2.45, 2.75) is 51.5 Å². The molecule has 122 valence electrons. The number of piperidine rings is 1. The normalized spacial score (nSPS) is 18.1. The standard InChI is InChI=1S/C18H23N3O2/c1-2-3-12-16(22)21-13-8-7-11-15(21)18-19-17(20-23-18)14-9-5-4-6-10-14/h4-6,9-10,15H,2-3,7-8,11-13H2,1H3/t15-/m1/s1. The molecule has 1 aromatic heterocycles. The molecule has 0 saturated carbocycles. The van der Waals surface area contributed by atoms with E-state index in [0.717, 1.165) is 44.2 Å². The number of rotatable bonds is 5. The molecule has 2 heterocycles. The molecule has 0 spiro atoms. The summed E-state index contributed by atoms with van der Waals surface area (Å²) < 4.78 is 5.49. The van der Waals surface area contributed by atoms with Gasteiger partial charge in [0, 0.05) is 18.5 Å². The highest BCUT2D eigenvalue weighted by molar-refractivity contribution is 5.76. The van der Waals surface area contributed by atoms with Crippen LogP contribution in [0.4, 0.5) is 0 Å². The summed E-state index contributed by atoms with van der Waals surface area (Å²) in [6, 6.07) is 9.70. The van der Waals surface area contributed by atoms with Crippen LogP contribution in [0.15, 0.2) is 34.9 Å². The van der Waals surface area contributed by atoms with Crippen molar-refractivity contribution in [2.24, 2.45) is 0 Å². The first-order chi connectivity index (χ1) is 11.3.